The molecule has 1 N–H and O–H groups in total. The monoisotopic (exact) mass is 817 g/mol. The molecule has 0 aliphatic heterocycles. The van der Waals surface area contributed by atoms with Crippen LogP contribution >= 0.6 is 0 Å². The molecular weight excluding hydrogens is 731 g/mol. The van der Waals surface area contributed by atoms with E-state index in [0.717, 1.165) is 77.0 Å². The Morgan fingerprint density at radius 1 is 0.534 bits per heavy atom. The van der Waals surface area contributed by atoms with E-state index in [1.807, 2.05) is 21.1 Å². The van der Waals surface area contributed by atoms with Crippen LogP contribution in [-0.4, -0.2) is 87.4 Å². The Labute approximate surface area is 355 Å². The minimum absolute atomic E-state index is 0.185. The van der Waals surface area contributed by atoms with E-state index in [2.05, 4.69) is 74.6 Å². The topological polar surface area (TPSA) is 108 Å². The van der Waals surface area contributed by atoms with E-state index in [4.69, 9.17) is 18.9 Å². The highest BCUT2D eigenvalue weighted by atomic mass is 16.7. The first-order chi connectivity index (χ1) is 28.1. The fraction of sp³-hybridized carbons (Fsp3) is 0.735. The zero-order chi connectivity index (χ0) is 42.8. The van der Waals surface area contributed by atoms with Crippen LogP contribution in [0, 0.1) is 0 Å². The molecule has 0 saturated carbocycles. The molecule has 2 atom stereocenters. The SMILES string of the molecule is CC/C=C\C/C=C\C/C=C\C/C=C\C/C=C\CCCCCCCCCCCCCC(=O)OC(COC(=O)CCCCCCCC)COC(OCC[N+](C)(C)C)C(=O)O. The van der Waals surface area contributed by atoms with Crippen LogP contribution in [0.25, 0.3) is 0 Å². The summed E-state index contributed by atoms with van der Waals surface area (Å²) in [6.45, 7) is 4.67. The Hall–Kier alpha value is -3.01. The van der Waals surface area contributed by atoms with Crippen LogP contribution in [-0.2, 0) is 33.3 Å². The Bertz CT molecular complexity index is 1140. The van der Waals surface area contributed by atoms with Gasteiger partial charge in [0.2, 0.25) is 0 Å². The van der Waals surface area contributed by atoms with Gasteiger partial charge in [-0.25, -0.2) is 4.79 Å². The van der Waals surface area contributed by atoms with Crippen molar-refractivity contribution < 1.29 is 42.9 Å². The van der Waals surface area contributed by atoms with E-state index in [-0.39, 0.29) is 32.2 Å². The van der Waals surface area contributed by atoms with Gasteiger partial charge in [-0.1, -0.05) is 164 Å². The third-order valence-electron chi connectivity index (χ3n) is 9.54. The van der Waals surface area contributed by atoms with Crippen LogP contribution in [0.5, 0.6) is 0 Å². The van der Waals surface area contributed by atoms with E-state index in [0.29, 0.717) is 23.9 Å². The number of unbranched alkanes of at least 4 members (excludes halogenated alkanes) is 16. The van der Waals surface area contributed by atoms with Crippen molar-refractivity contribution in [3.8, 4) is 0 Å². The van der Waals surface area contributed by atoms with Crippen LogP contribution in [0.1, 0.15) is 174 Å². The van der Waals surface area contributed by atoms with Crippen molar-refractivity contribution in [3.63, 3.8) is 0 Å². The lowest BCUT2D eigenvalue weighted by Gasteiger charge is -2.25. The number of rotatable bonds is 41. The van der Waals surface area contributed by atoms with Gasteiger partial charge in [0.15, 0.2) is 6.10 Å². The standard InChI is InChI=1S/C49H85NO8/c1-6-8-10-12-14-15-16-17-18-19-20-21-22-23-24-25-26-27-28-29-30-31-32-33-34-36-38-40-47(52)58-45(43-56-46(51)39-37-35-13-11-9-7-2)44-57-49(48(53)54)55-42-41-50(3,4)5/h8,10,14-15,17-18,20-21,23-24,45,49H,6-7,9,11-13,16,19,22,25-44H2,1-5H3/p+1/b10-8-,15-14-,18-17-,21-20-,24-23-. The first-order valence-electron chi connectivity index (χ1n) is 23.0. The number of carboxylic acid groups (broad SMARTS) is 1. The molecule has 0 saturated heterocycles. The molecular formula is C49H86NO8+. The average molecular weight is 817 g/mol. The molecule has 0 aliphatic carbocycles. The fourth-order valence-electron chi connectivity index (χ4n) is 5.98. The smallest absolute Gasteiger partial charge is 0.361 e. The van der Waals surface area contributed by atoms with E-state index < -0.39 is 24.3 Å². The Morgan fingerprint density at radius 3 is 1.47 bits per heavy atom. The molecule has 0 heterocycles. The lowest BCUT2D eigenvalue weighted by molar-refractivity contribution is -0.870. The summed E-state index contributed by atoms with van der Waals surface area (Å²) in [7, 11) is 5.94. The van der Waals surface area contributed by atoms with Gasteiger partial charge in [-0.2, -0.15) is 0 Å². The van der Waals surface area contributed by atoms with Gasteiger partial charge in [0.25, 0.3) is 6.29 Å². The Kier molecular flexibility index (Phi) is 38.6. The third-order valence-corrected chi connectivity index (χ3v) is 9.54. The number of hydrogen-bond donors (Lipinski definition) is 1. The van der Waals surface area contributed by atoms with Crippen molar-refractivity contribution in [1.29, 1.82) is 0 Å². The van der Waals surface area contributed by atoms with Crippen molar-refractivity contribution in [1.82, 2.24) is 0 Å². The molecule has 9 heteroatoms. The van der Waals surface area contributed by atoms with Crippen LogP contribution in [0.4, 0.5) is 0 Å². The Balaban J connectivity index is 4.16. The van der Waals surface area contributed by atoms with Crippen molar-refractivity contribution >= 4 is 17.9 Å². The van der Waals surface area contributed by atoms with Crippen molar-refractivity contribution in [3.05, 3.63) is 60.8 Å². The third kappa shape index (κ3) is 41.2. The molecule has 0 rings (SSSR count). The average Bonchev–Trinajstić information content (AvgIpc) is 3.18. The molecule has 0 aromatic carbocycles. The number of ether oxygens (including phenoxy) is 4. The maximum Gasteiger partial charge on any atom is 0.361 e. The maximum atomic E-state index is 12.7. The van der Waals surface area contributed by atoms with Crippen LogP contribution in [0.3, 0.4) is 0 Å². The minimum atomic E-state index is -1.51. The van der Waals surface area contributed by atoms with E-state index in [1.54, 1.807) is 0 Å². The largest absolute Gasteiger partial charge is 0.477 e. The number of quaternary nitrogens is 1. The second-order valence-corrected chi connectivity index (χ2v) is 16.3. The number of allylic oxidation sites excluding steroid dienone is 10. The lowest BCUT2D eigenvalue weighted by atomic mass is 10.0. The molecule has 0 bridgehead atoms. The summed E-state index contributed by atoms with van der Waals surface area (Å²) in [5.74, 6) is -2.03. The molecule has 334 valence electrons. The number of esters is 2. The van der Waals surface area contributed by atoms with Crippen LogP contribution in [0.2, 0.25) is 0 Å². The lowest BCUT2D eigenvalue weighted by Crippen LogP contribution is -2.40. The fourth-order valence-corrected chi connectivity index (χ4v) is 5.98. The van der Waals surface area contributed by atoms with Gasteiger partial charge in [-0.3, -0.25) is 9.59 Å². The number of nitrogens with zero attached hydrogens (tertiary/aromatic N) is 1. The number of likely N-dealkylation sites (N-methyl/N-ethyl adjacent to an activating group) is 1. The zero-order valence-electron chi connectivity index (χ0n) is 37.7. The van der Waals surface area contributed by atoms with E-state index in [9.17, 15) is 19.5 Å². The highest BCUT2D eigenvalue weighted by Gasteiger charge is 2.25. The van der Waals surface area contributed by atoms with Gasteiger partial charge >= 0.3 is 17.9 Å². The number of carbonyl (C=O) groups is 3. The van der Waals surface area contributed by atoms with Gasteiger partial charge in [-0.15, -0.1) is 0 Å². The van der Waals surface area contributed by atoms with Gasteiger partial charge in [0, 0.05) is 12.8 Å². The van der Waals surface area contributed by atoms with Crippen molar-refractivity contribution in [2.75, 3.05) is 47.5 Å². The summed E-state index contributed by atoms with van der Waals surface area (Å²) in [5, 5.41) is 9.59. The molecule has 0 amide bonds. The molecule has 58 heavy (non-hydrogen) atoms. The van der Waals surface area contributed by atoms with Crippen LogP contribution < -0.4 is 0 Å². The summed E-state index contributed by atoms with van der Waals surface area (Å²) in [5.41, 5.74) is 0. The predicted octanol–water partition coefficient (Wildman–Crippen LogP) is 12.2. The summed E-state index contributed by atoms with van der Waals surface area (Å²) < 4.78 is 22.6. The van der Waals surface area contributed by atoms with Gasteiger partial charge < -0.3 is 28.5 Å². The summed E-state index contributed by atoms with van der Waals surface area (Å²) in [4.78, 5) is 36.8. The van der Waals surface area contributed by atoms with E-state index >= 15 is 0 Å². The van der Waals surface area contributed by atoms with Crippen LogP contribution in [0.15, 0.2) is 60.8 Å². The molecule has 9 nitrogen and oxygen atoms in total. The minimum Gasteiger partial charge on any atom is -0.477 e. The van der Waals surface area contributed by atoms with Gasteiger partial charge in [0.1, 0.15) is 13.2 Å². The van der Waals surface area contributed by atoms with Crippen molar-refractivity contribution in [2.24, 2.45) is 0 Å². The molecule has 0 aromatic rings. The summed E-state index contributed by atoms with van der Waals surface area (Å²) in [6, 6.07) is 0. The second-order valence-electron chi connectivity index (χ2n) is 16.3. The maximum absolute atomic E-state index is 12.7. The normalized spacial score (nSPS) is 13.5. The number of carbonyl (C=O) groups excluding carboxylic acids is 2. The predicted molar refractivity (Wildman–Crippen MR) is 240 cm³/mol. The quantitative estimate of drug-likeness (QED) is 0.0214. The first-order valence-corrected chi connectivity index (χ1v) is 23.0. The summed E-state index contributed by atoms with van der Waals surface area (Å²) in [6.07, 6.45) is 46.0. The van der Waals surface area contributed by atoms with Crippen molar-refractivity contribution in [2.45, 2.75) is 187 Å². The Morgan fingerprint density at radius 2 is 0.983 bits per heavy atom. The highest BCUT2D eigenvalue weighted by molar-refractivity contribution is 5.71. The number of carboxylic acids is 1. The molecule has 0 fully saturated rings. The van der Waals surface area contributed by atoms with Gasteiger partial charge in [0.05, 0.1) is 34.4 Å². The highest BCUT2D eigenvalue weighted by Crippen LogP contribution is 2.14. The van der Waals surface area contributed by atoms with Gasteiger partial charge in [-0.05, 0) is 57.8 Å². The molecule has 0 radical (unpaired) electrons. The molecule has 2 unspecified atom stereocenters. The molecule has 0 aliphatic rings. The first kappa shape index (κ1) is 55.0. The number of hydrogen-bond acceptors (Lipinski definition) is 7. The molecule has 0 aromatic heterocycles. The second kappa shape index (κ2) is 40.8. The number of aliphatic carboxylic acids is 1. The zero-order valence-corrected chi connectivity index (χ0v) is 37.7. The molecule has 0 spiro atoms. The van der Waals surface area contributed by atoms with E-state index in [1.165, 1.54) is 64.2 Å². The summed E-state index contributed by atoms with van der Waals surface area (Å²) >= 11 is 0.